The Hall–Kier alpha value is -5.31. The average Bonchev–Trinajstić information content (AvgIpc) is 3.23. The van der Waals surface area contributed by atoms with E-state index in [1.807, 2.05) is 49.4 Å². The third-order valence-corrected chi connectivity index (χ3v) is 10.6. The minimum atomic E-state index is -0.962. The van der Waals surface area contributed by atoms with E-state index in [0.29, 0.717) is 71.1 Å². The molecule has 0 unspecified atom stereocenters. The second kappa shape index (κ2) is 19.7. The van der Waals surface area contributed by atoms with Gasteiger partial charge in [-0.05, 0) is 67.1 Å². The highest BCUT2D eigenvalue weighted by atomic mass is 35.5. The highest BCUT2D eigenvalue weighted by Crippen LogP contribution is 2.39. The molecule has 3 heterocycles. The van der Waals surface area contributed by atoms with Crippen molar-refractivity contribution in [1.82, 2.24) is 25.2 Å². The van der Waals surface area contributed by atoms with Gasteiger partial charge in [0.2, 0.25) is 5.82 Å². The summed E-state index contributed by atoms with van der Waals surface area (Å²) in [5, 5.41) is 42.5. The predicted octanol–water partition coefficient (Wildman–Crippen LogP) is 6.93. The number of nitrogens with zero attached hydrogens (tertiary/aromatic N) is 6. The van der Waals surface area contributed by atoms with Crippen molar-refractivity contribution in [2.24, 2.45) is 0 Å². The number of aliphatic hydroxyl groups excluding tert-OH is 1. The first-order chi connectivity index (χ1) is 27.7. The molecule has 0 spiro atoms. The predicted molar refractivity (Wildman–Crippen MR) is 216 cm³/mol. The van der Waals surface area contributed by atoms with Gasteiger partial charge in [0.05, 0.1) is 40.1 Å². The quantitative estimate of drug-likeness (QED) is 0.0830. The van der Waals surface area contributed by atoms with Crippen LogP contribution in [0.1, 0.15) is 58.6 Å². The number of halogens is 2. The van der Waals surface area contributed by atoms with Crippen LogP contribution < -0.4 is 19.5 Å². The molecule has 0 aliphatic carbocycles. The molecular weight excluding hydrogens is 765 g/mol. The second-order valence-electron chi connectivity index (χ2n) is 13.9. The van der Waals surface area contributed by atoms with Crippen LogP contribution in [0.4, 0.5) is 0 Å². The summed E-state index contributed by atoms with van der Waals surface area (Å²) in [6, 6.07) is 22.8. The van der Waals surface area contributed by atoms with E-state index in [1.54, 1.807) is 36.7 Å². The Morgan fingerprint density at radius 1 is 0.877 bits per heavy atom. The first-order valence-electron chi connectivity index (χ1n) is 18.6. The van der Waals surface area contributed by atoms with Crippen molar-refractivity contribution in [3.63, 3.8) is 0 Å². The SMILES string of the molecule is Cc1c(COc2cc(OCc3cncc(C#N)c3)c(CNCc3ccnc(C#N)n3)cc2Cl)cccc1-c1cccc(OCCCN2CCC(O)(CO)CC2)c1Cl. The van der Waals surface area contributed by atoms with Gasteiger partial charge in [-0.15, -0.1) is 0 Å². The fraction of sp³-hybridized carbons (Fsp3) is 0.326. The van der Waals surface area contributed by atoms with Crippen LogP contribution in [0.5, 0.6) is 17.2 Å². The van der Waals surface area contributed by atoms with Gasteiger partial charge in [-0.1, -0.05) is 53.5 Å². The first kappa shape index (κ1) is 41.3. The highest BCUT2D eigenvalue weighted by molar-refractivity contribution is 6.35. The number of pyridine rings is 1. The number of nitriles is 2. The number of nitrogens with one attached hydrogen (secondary N) is 1. The summed E-state index contributed by atoms with van der Waals surface area (Å²) in [5.41, 5.74) is 5.36. The summed E-state index contributed by atoms with van der Waals surface area (Å²) in [4.78, 5) is 14.6. The van der Waals surface area contributed by atoms with Gasteiger partial charge in [0.1, 0.15) is 42.6 Å². The van der Waals surface area contributed by atoms with E-state index in [9.17, 15) is 15.5 Å². The van der Waals surface area contributed by atoms with E-state index in [1.165, 1.54) is 6.20 Å². The summed E-state index contributed by atoms with van der Waals surface area (Å²) in [6.45, 7) is 5.77. The normalized spacial score (nSPS) is 13.7. The van der Waals surface area contributed by atoms with E-state index in [4.69, 9.17) is 42.7 Å². The van der Waals surface area contributed by atoms with Crippen LogP contribution in [0.2, 0.25) is 10.0 Å². The second-order valence-corrected chi connectivity index (χ2v) is 14.7. The number of hydrogen-bond acceptors (Lipinski definition) is 12. The molecular formula is C43H43Cl2N7O5. The van der Waals surface area contributed by atoms with Gasteiger partial charge in [0.15, 0.2) is 0 Å². The molecule has 14 heteroatoms. The Kier molecular flexibility index (Phi) is 14.3. The van der Waals surface area contributed by atoms with Crippen LogP contribution in [0.25, 0.3) is 11.1 Å². The van der Waals surface area contributed by atoms with Crippen LogP contribution in [-0.2, 0) is 26.3 Å². The van der Waals surface area contributed by atoms with Crippen molar-refractivity contribution in [1.29, 1.82) is 10.5 Å². The Bertz CT molecular complexity index is 2250. The number of hydrogen-bond donors (Lipinski definition) is 3. The van der Waals surface area contributed by atoms with Crippen LogP contribution in [0.15, 0.2) is 79.3 Å². The Balaban J connectivity index is 1.13. The fourth-order valence-corrected chi connectivity index (χ4v) is 7.08. The third kappa shape index (κ3) is 11.0. The van der Waals surface area contributed by atoms with Gasteiger partial charge < -0.3 is 34.6 Å². The van der Waals surface area contributed by atoms with Gasteiger partial charge in [-0.3, -0.25) is 4.98 Å². The van der Waals surface area contributed by atoms with Crippen molar-refractivity contribution in [3.8, 4) is 40.5 Å². The van der Waals surface area contributed by atoms with E-state index in [2.05, 4.69) is 31.2 Å². The molecule has 1 aliphatic heterocycles. The molecule has 12 nitrogen and oxygen atoms in total. The lowest BCUT2D eigenvalue weighted by Gasteiger charge is -2.36. The van der Waals surface area contributed by atoms with Gasteiger partial charge in [0.25, 0.3) is 0 Å². The summed E-state index contributed by atoms with van der Waals surface area (Å²) < 4.78 is 18.8. The van der Waals surface area contributed by atoms with Crippen LogP contribution in [-0.4, -0.2) is 68.5 Å². The minimum Gasteiger partial charge on any atom is -0.492 e. The lowest BCUT2D eigenvalue weighted by atomic mass is 9.92. The standard InChI is InChI=1S/C43H43Cl2N7O5/c1-29-32(5-2-6-35(29)36-7-3-8-38(42(36)45)55-16-4-13-52-14-10-43(54,28-53)11-15-52)27-57-40-19-39(56-26-31-17-30(20-46)22-48-23-31)33(18-37(40)44)24-49-25-34-9-12-50-41(21-47)51-34/h2-3,5-9,12,17-19,22-23,49,53-54H,4,10-11,13-16,24-28H2,1H3. The molecule has 3 N–H and O–H groups in total. The first-order valence-corrected chi connectivity index (χ1v) is 19.3. The zero-order chi connectivity index (χ0) is 40.2. The van der Waals surface area contributed by atoms with Crippen LogP contribution >= 0.6 is 23.2 Å². The third-order valence-electron chi connectivity index (χ3n) is 9.91. The number of likely N-dealkylation sites (tertiary alicyclic amines) is 1. The monoisotopic (exact) mass is 807 g/mol. The summed E-state index contributed by atoms with van der Waals surface area (Å²) in [5.74, 6) is 1.67. The van der Waals surface area contributed by atoms with Crippen molar-refractivity contribution >= 4 is 23.2 Å². The number of rotatable bonds is 17. The minimum absolute atomic E-state index is 0.0969. The Morgan fingerprint density at radius 3 is 2.46 bits per heavy atom. The lowest BCUT2D eigenvalue weighted by molar-refractivity contribution is -0.0596. The Labute approximate surface area is 342 Å². The van der Waals surface area contributed by atoms with E-state index < -0.39 is 5.60 Å². The number of ether oxygens (including phenoxy) is 3. The topological polar surface area (TPSA) is 170 Å². The fourth-order valence-electron chi connectivity index (χ4n) is 6.56. The van der Waals surface area contributed by atoms with Gasteiger partial charge in [-0.25, -0.2) is 9.97 Å². The van der Waals surface area contributed by atoms with Crippen LogP contribution in [0.3, 0.4) is 0 Å². The van der Waals surface area contributed by atoms with Crippen molar-refractivity contribution in [3.05, 3.63) is 129 Å². The zero-order valence-electron chi connectivity index (χ0n) is 31.5. The van der Waals surface area contributed by atoms with Crippen molar-refractivity contribution in [2.45, 2.75) is 58.1 Å². The molecule has 0 saturated carbocycles. The molecule has 0 radical (unpaired) electrons. The molecule has 1 saturated heterocycles. The number of aliphatic hydroxyl groups is 2. The highest BCUT2D eigenvalue weighted by Gasteiger charge is 2.31. The smallest absolute Gasteiger partial charge is 0.232 e. The van der Waals surface area contributed by atoms with E-state index in [0.717, 1.165) is 59.4 Å². The maximum absolute atomic E-state index is 10.3. The molecule has 3 aromatic carbocycles. The van der Waals surface area contributed by atoms with Gasteiger partial charge in [-0.2, -0.15) is 10.5 Å². The molecule has 0 atom stereocenters. The molecule has 5 aromatic rings. The zero-order valence-corrected chi connectivity index (χ0v) is 33.1. The largest absolute Gasteiger partial charge is 0.492 e. The summed E-state index contributed by atoms with van der Waals surface area (Å²) in [7, 11) is 0. The molecule has 1 fully saturated rings. The van der Waals surface area contributed by atoms with Crippen LogP contribution in [0, 0.1) is 29.6 Å². The molecule has 0 amide bonds. The molecule has 57 heavy (non-hydrogen) atoms. The molecule has 6 rings (SSSR count). The number of benzene rings is 3. The van der Waals surface area contributed by atoms with Gasteiger partial charge >= 0.3 is 0 Å². The average molecular weight is 809 g/mol. The van der Waals surface area contributed by atoms with Gasteiger partial charge in [0, 0.05) is 74.1 Å². The summed E-state index contributed by atoms with van der Waals surface area (Å²) in [6.07, 6.45) is 6.61. The van der Waals surface area contributed by atoms with E-state index in [-0.39, 0.29) is 25.6 Å². The number of aromatic nitrogens is 3. The number of piperidine rings is 1. The van der Waals surface area contributed by atoms with Crippen molar-refractivity contribution < 1.29 is 24.4 Å². The summed E-state index contributed by atoms with van der Waals surface area (Å²) >= 11 is 13.8. The molecule has 2 aromatic heterocycles. The molecule has 294 valence electrons. The maximum atomic E-state index is 10.3. The Morgan fingerprint density at radius 2 is 1.67 bits per heavy atom. The maximum Gasteiger partial charge on any atom is 0.232 e. The molecule has 0 bridgehead atoms. The van der Waals surface area contributed by atoms with Crippen molar-refractivity contribution in [2.75, 3.05) is 32.8 Å². The van der Waals surface area contributed by atoms with E-state index >= 15 is 0 Å². The molecule has 1 aliphatic rings. The lowest BCUT2D eigenvalue weighted by Crippen LogP contribution is -2.46.